The zero-order valence-electron chi connectivity index (χ0n) is 11.7. The second-order valence-corrected chi connectivity index (χ2v) is 7.45. The second-order valence-electron chi connectivity index (χ2n) is 6.13. The normalized spacial score (nSPS) is 17.3. The van der Waals surface area contributed by atoms with Crippen molar-refractivity contribution >= 4 is 11.8 Å². The van der Waals surface area contributed by atoms with Gasteiger partial charge in [0, 0.05) is 23.5 Å². The lowest BCUT2D eigenvalue weighted by molar-refractivity contribution is 0.424. The van der Waals surface area contributed by atoms with Gasteiger partial charge in [-0.05, 0) is 45.2 Å². The summed E-state index contributed by atoms with van der Waals surface area (Å²) in [4.78, 5) is 4.57. The van der Waals surface area contributed by atoms with E-state index in [9.17, 15) is 0 Å². The van der Waals surface area contributed by atoms with Crippen molar-refractivity contribution in [1.82, 2.24) is 10.3 Å². The molecule has 100 valence electrons. The van der Waals surface area contributed by atoms with Crippen LogP contribution in [0.2, 0.25) is 0 Å². The Bertz CT molecular complexity index is 361. The molecule has 1 aromatic rings. The Morgan fingerprint density at radius 2 is 2.00 bits per heavy atom. The van der Waals surface area contributed by atoms with Gasteiger partial charge < -0.3 is 5.32 Å². The van der Waals surface area contributed by atoms with Gasteiger partial charge in [-0.25, -0.2) is 4.98 Å². The Balaban J connectivity index is 1.85. The average molecular weight is 264 g/mol. The summed E-state index contributed by atoms with van der Waals surface area (Å²) in [7, 11) is 0. The first-order valence-corrected chi connectivity index (χ1v) is 7.77. The Kier molecular flexibility index (Phi) is 4.68. The number of nitrogens with one attached hydrogen (secondary N) is 1. The highest BCUT2D eigenvalue weighted by Crippen LogP contribution is 2.33. The Morgan fingerprint density at radius 1 is 1.28 bits per heavy atom. The Labute approximate surface area is 115 Å². The van der Waals surface area contributed by atoms with Gasteiger partial charge in [-0.3, -0.25) is 0 Å². The lowest BCUT2D eigenvalue weighted by atomic mass is 10.1. The monoisotopic (exact) mass is 264 g/mol. The Morgan fingerprint density at radius 3 is 2.56 bits per heavy atom. The standard InChI is InChI=1S/C15H24N2S/c1-15(2,3)17-11-12-8-9-14(16-10-12)18-13-6-4-5-7-13/h8-10,13,17H,4-7,11H2,1-3H3. The molecular formula is C15H24N2S. The average Bonchev–Trinajstić information content (AvgIpc) is 2.80. The third-order valence-corrected chi connectivity index (χ3v) is 4.50. The van der Waals surface area contributed by atoms with E-state index in [1.807, 2.05) is 18.0 Å². The molecule has 2 rings (SSSR count). The van der Waals surface area contributed by atoms with E-state index >= 15 is 0 Å². The fraction of sp³-hybridized carbons (Fsp3) is 0.667. The largest absolute Gasteiger partial charge is 0.308 e. The van der Waals surface area contributed by atoms with Crippen LogP contribution in [0.3, 0.4) is 0 Å². The molecule has 1 aromatic heterocycles. The predicted octanol–water partition coefficient (Wildman–Crippen LogP) is 4.00. The molecule has 1 N–H and O–H groups in total. The number of hydrogen-bond donors (Lipinski definition) is 1. The van der Waals surface area contributed by atoms with Crippen molar-refractivity contribution in [2.45, 2.75) is 68.8 Å². The van der Waals surface area contributed by atoms with E-state index in [4.69, 9.17) is 0 Å². The molecule has 1 saturated carbocycles. The topological polar surface area (TPSA) is 24.9 Å². The molecule has 1 heterocycles. The molecule has 3 heteroatoms. The summed E-state index contributed by atoms with van der Waals surface area (Å²) in [5, 5.41) is 5.47. The van der Waals surface area contributed by atoms with Crippen LogP contribution in [0.15, 0.2) is 23.4 Å². The van der Waals surface area contributed by atoms with Crippen LogP contribution >= 0.6 is 11.8 Å². The summed E-state index contributed by atoms with van der Waals surface area (Å²) in [5.74, 6) is 0. The van der Waals surface area contributed by atoms with Gasteiger partial charge in [0.05, 0.1) is 5.03 Å². The third-order valence-electron chi connectivity index (χ3n) is 3.21. The summed E-state index contributed by atoms with van der Waals surface area (Å²) in [6, 6.07) is 4.37. The minimum Gasteiger partial charge on any atom is -0.308 e. The molecule has 0 bridgehead atoms. The van der Waals surface area contributed by atoms with Crippen LogP contribution in [0.1, 0.15) is 52.0 Å². The summed E-state index contributed by atoms with van der Waals surface area (Å²) in [6.45, 7) is 7.45. The zero-order valence-corrected chi connectivity index (χ0v) is 12.5. The van der Waals surface area contributed by atoms with E-state index in [0.717, 1.165) is 11.8 Å². The lowest BCUT2D eigenvalue weighted by Gasteiger charge is -2.20. The van der Waals surface area contributed by atoms with Gasteiger partial charge in [-0.1, -0.05) is 18.9 Å². The molecule has 2 nitrogen and oxygen atoms in total. The SMILES string of the molecule is CC(C)(C)NCc1ccc(SC2CCCC2)nc1. The molecule has 1 fully saturated rings. The van der Waals surface area contributed by atoms with Crippen LogP contribution in [0.25, 0.3) is 0 Å². The number of pyridine rings is 1. The highest BCUT2D eigenvalue weighted by Gasteiger charge is 2.16. The number of thioether (sulfide) groups is 1. The first-order valence-electron chi connectivity index (χ1n) is 6.89. The van der Waals surface area contributed by atoms with Gasteiger partial charge in [0.15, 0.2) is 0 Å². The number of hydrogen-bond acceptors (Lipinski definition) is 3. The van der Waals surface area contributed by atoms with E-state index in [2.05, 4.69) is 43.2 Å². The van der Waals surface area contributed by atoms with Crippen LogP contribution < -0.4 is 5.32 Å². The van der Waals surface area contributed by atoms with Crippen LogP contribution in [-0.4, -0.2) is 15.8 Å². The van der Waals surface area contributed by atoms with Crippen LogP contribution in [0, 0.1) is 0 Å². The summed E-state index contributed by atoms with van der Waals surface area (Å²) < 4.78 is 0. The molecule has 0 atom stereocenters. The molecule has 0 unspecified atom stereocenters. The predicted molar refractivity (Wildman–Crippen MR) is 78.9 cm³/mol. The molecule has 18 heavy (non-hydrogen) atoms. The van der Waals surface area contributed by atoms with Gasteiger partial charge in [0.1, 0.15) is 0 Å². The zero-order chi connectivity index (χ0) is 13.0. The number of nitrogens with zero attached hydrogens (tertiary/aromatic N) is 1. The molecule has 0 saturated heterocycles. The van der Waals surface area contributed by atoms with E-state index in [0.29, 0.717) is 0 Å². The van der Waals surface area contributed by atoms with E-state index < -0.39 is 0 Å². The molecule has 1 aliphatic carbocycles. The van der Waals surface area contributed by atoms with Crippen LogP contribution in [0.4, 0.5) is 0 Å². The molecule has 0 radical (unpaired) electrons. The summed E-state index contributed by atoms with van der Waals surface area (Å²) in [6.07, 6.45) is 7.52. The van der Waals surface area contributed by atoms with Gasteiger partial charge in [-0.2, -0.15) is 0 Å². The maximum Gasteiger partial charge on any atom is 0.0962 e. The van der Waals surface area contributed by atoms with Crippen LogP contribution in [-0.2, 0) is 6.54 Å². The minimum atomic E-state index is 0.164. The van der Waals surface area contributed by atoms with Crippen molar-refractivity contribution in [2.75, 3.05) is 0 Å². The van der Waals surface area contributed by atoms with E-state index in [-0.39, 0.29) is 5.54 Å². The van der Waals surface area contributed by atoms with Crippen molar-refractivity contribution in [3.05, 3.63) is 23.9 Å². The number of aromatic nitrogens is 1. The summed E-state index contributed by atoms with van der Waals surface area (Å²) in [5.41, 5.74) is 1.43. The van der Waals surface area contributed by atoms with E-state index in [1.54, 1.807) is 0 Å². The van der Waals surface area contributed by atoms with Crippen molar-refractivity contribution < 1.29 is 0 Å². The van der Waals surface area contributed by atoms with Crippen molar-refractivity contribution in [3.8, 4) is 0 Å². The first-order chi connectivity index (χ1) is 8.53. The Hall–Kier alpha value is -0.540. The molecule has 0 amide bonds. The molecule has 0 aliphatic heterocycles. The third kappa shape index (κ3) is 4.62. The smallest absolute Gasteiger partial charge is 0.0962 e. The van der Waals surface area contributed by atoms with E-state index in [1.165, 1.54) is 36.3 Å². The molecule has 0 aromatic carbocycles. The fourth-order valence-electron chi connectivity index (χ4n) is 2.13. The van der Waals surface area contributed by atoms with Crippen molar-refractivity contribution in [3.63, 3.8) is 0 Å². The summed E-state index contributed by atoms with van der Waals surface area (Å²) >= 11 is 1.95. The maximum absolute atomic E-state index is 4.57. The van der Waals surface area contributed by atoms with Gasteiger partial charge in [-0.15, -0.1) is 11.8 Å². The van der Waals surface area contributed by atoms with Gasteiger partial charge in [0.25, 0.3) is 0 Å². The first kappa shape index (κ1) is 13.9. The van der Waals surface area contributed by atoms with Crippen LogP contribution in [0.5, 0.6) is 0 Å². The highest BCUT2D eigenvalue weighted by molar-refractivity contribution is 7.99. The van der Waals surface area contributed by atoms with Gasteiger partial charge in [0.2, 0.25) is 0 Å². The highest BCUT2D eigenvalue weighted by atomic mass is 32.2. The molecule has 0 spiro atoms. The maximum atomic E-state index is 4.57. The minimum absolute atomic E-state index is 0.164. The fourth-order valence-corrected chi connectivity index (χ4v) is 3.30. The van der Waals surface area contributed by atoms with Crippen molar-refractivity contribution in [2.24, 2.45) is 0 Å². The second kappa shape index (κ2) is 6.07. The lowest BCUT2D eigenvalue weighted by Crippen LogP contribution is -2.35. The quantitative estimate of drug-likeness (QED) is 0.889. The van der Waals surface area contributed by atoms with Crippen molar-refractivity contribution in [1.29, 1.82) is 0 Å². The molecule has 1 aliphatic rings. The van der Waals surface area contributed by atoms with Gasteiger partial charge >= 0.3 is 0 Å². The number of rotatable bonds is 4. The molecular weight excluding hydrogens is 240 g/mol.